The smallest absolute Gasteiger partial charge is 0.253 e. The summed E-state index contributed by atoms with van der Waals surface area (Å²) in [5, 5.41) is 0. The molecule has 2 saturated heterocycles. The lowest BCUT2D eigenvalue weighted by atomic mass is 10.0. The van der Waals surface area contributed by atoms with Gasteiger partial charge in [-0.1, -0.05) is 36.4 Å². The number of aryl methyl sites for hydroxylation is 2. The van der Waals surface area contributed by atoms with Gasteiger partial charge in [0.15, 0.2) is 0 Å². The largest absolute Gasteiger partial charge is 0.338 e. The summed E-state index contributed by atoms with van der Waals surface area (Å²) in [7, 11) is 0. The highest BCUT2D eigenvalue weighted by atomic mass is 16.2. The lowest BCUT2D eigenvalue weighted by Gasteiger charge is -2.23. The highest BCUT2D eigenvalue weighted by Crippen LogP contribution is 2.32. The Labute approximate surface area is 168 Å². The molecule has 2 fully saturated rings. The van der Waals surface area contributed by atoms with Crippen LogP contribution in [-0.2, 0) is 0 Å². The average molecular weight is 378 g/mol. The van der Waals surface area contributed by atoms with Crippen LogP contribution in [0.15, 0.2) is 48.5 Å². The Morgan fingerprint density at radius 1 is 1.00 bits per heavy atom. The Kier molecular flexibility index (Phi) is 5.51. The minimum atomic E-state index is 0.101. The summed E-state index contributed by atoms with van der Waals surface area (Å²) in [6.45, 7) is 9.14. The van der Waals surface area contributed by atoms with E-state index < -0.39 is 0 Å². The number of fused-ring (bicyclic) bond motifs is 1. The topological polar surface area (TPSA) is 49.6 Å². The predicted octanol–water partition coefficient (Wildman–Crippen LogP) is 3.40. The van der Waals surface area contributed by atoms with Gasteiger partial charge < -0.3 is 15.5 Å². The molecule has 4 rings (SSSR count). The quantitative estimate of drug-likeness (QED) is 0.869. The molecule has 2 unspecified atom stereocenters. The van der Waals surface area contributed by atoms with E-state index in [1.165, 1.54) is 16.7 Å². The first-order chi connectivity index (χ1) is 13.5. The molecule has 0 bridgehead atoms. The molecule has 2 heterocycles. The first kappa shape index (κ1) is 19.2. The summed E-state index contributed by atoms with van der Waals surface area (Å²) in [5.74, 6) is 1.39. The SMILES string of the molecule is Cc1ccc(C(=O)N2CC3CN(CC[C@H](N)c4ccccc4)CC3C2)cc1C. The maximum absolute atomic E-state index is 12.9. The van der Waals surface area contributed by atoms with E-state index in [-0.39, 0.29) is 11.9 Å². The minimum absolute atomic E-state index is 0.101. The summed E-state index contributed by atoms with van der Waals surface area (Å²) < 4.78 is 0. The van der Waals surface area contributed by atoms with Crippen molar-refractivity contribution in [2.45, 2.75) is 26.3 Å². The van der Waals surface area contributed by atoms with Crippen molar-refractivity contribution in [1.82, 2.24) is 9.80 Å². The number of carbonyl (C=O) groups is 1. The Bertz CT molecular complexity index is 821. The molecular formula is C24H31N3O. The standard InChI is InChI=1S/C24H31N3O/c1-17-8-9-20(12-18(17)2)24(28)27-15-21-13-26(14-22(21)16-27)11-10-23(25)19-6-4-3-5-7-19/h3-9,12,21-23H,10-11,13-16,25H2,1-2H3/t21?,22?,23-/m0/s1. The van der Waals surface area contributed by atoms with Crippen LogP contribution in [0.3, 0.4) is 0 Å². The van der Waals surface area contributed by atoms with Crippen molar-refractivity contribution >= 4 is 5.91 Å². The molecule has 28 heavy (non-hydrogen) atoms. The van der Waals surface area contributed by atoms with E-state index >= 15 is 0 Å². The molecule has 2 N–H and O–H groups in total. The van der Waals surface area contributed by atoms with Crippen molar-refractivity contribution in [1.29, 1.82) is 0 Å². The third-order valence-corrected chi connectivity index (χ3v) is 6.59. The van der Waals surface area contributed by atoms with Crippen LogP contribution >= 0.6 is 0 Å². The molecule has 2 aliphatic rings. The number of nitrogens with zero attached hydrogens (tertiary/aromatic N) is 2. The highest BCUT2D eigenvalue weighted by Gasteiger charge is 2.41. The van der Waals surface area contributed by atoms with Crippen LogP contribution in [0, 0.1) is 25.7 Å². The number of rotatable bonds is 5. The number of carbonyl (C=O) groups excluding carboxylic acids is 1. The van der Waals surface area contributed by atoms with E-state index in [9.17, 15) is 4.79 Å². The van der Waals surface area contributed by atoms with Gasteiger partial charge >= 0.3 is 0 Å². The van der Waals surface area contributed by atoms with Crippen molar-refractivity contribution in [2.75, 3.05) is 32.7 Å². The molecule has 0 saturated carbocycles. The van der Waals surface area contributed by atoms with Crippen LogP contribution in [0.1, 0.15) is 39.5 Å². The molecule has 2 aliphatic heterocycles. The number of benzene rings is 2. The molecule has 148 valence electrons. The van der Waals surface area contributed by atoms with Gasteiger partial charge in [-0.05, 0) is 67.5 Å². The van der Waals surface area contributed by atoms with Crippen molar-refractivity contribution in [2.24, 2.45) is 17.6 Å². The number of likely N-dealkylation sites (tertiary alicyclic amines) is 2. The van der Waals surface area contributed by atoms with Crippen LogP contribution in [0.5, 0.6) is 0 Å². The van der Waals surface area contributed by atoms with Gasteiger partial charge in [0, 0.05) is 37.8 Å². The number of hydrogen-bond donors (Lipinski definition) is 1. The summed E-state index contributed by atoms with van der Waals surface area (Å²) >= 11 is 0. The fraction of sp³-hybridized carbons (Fsp3) is 0.458. The summed E-state index contributed by atoms with van der Waals surface area (Å²) in [4.78, 5) is 17.5. The van der Waals surface area contributed by atoms with Gasteiger partial charge in [-0.2, -0.15) is 0 Å². The summed E-state index contributed by atoms with van der Waals surface area (Å²) in [6.07, 6.45) is 0.981. The molecule has 3 atom stereocenters. The zero-order valence-corrected chi connectivity index (χ0v) is 17.0. The van der Waals surface area contributed by atoms with Gasteiger partial charge in [0.25, 0.3) is 5.91 Å². The molecule has 1 amide bonds. The third-order valence-electron chi connectivity index (χ3n) is 6.59. The van der Waals surface area contributed by atoms with Gasteiger partial charge in [-0.3, -0.25) is 4.79 Å². The number of nitrogens with two attached hydrogens (primary N) is 1. The molecule has 2 aromatic rings. The molecule has 0 aliphatic carbocycles. The van der Waals surface area contributed by atoms with Crippen molar-refractivity contribution < 1.29 is 4.79 Å². The Hall–Kier alpha value is -2.17. The molecule has 4 heteroatoms. The van der Waals surface area contributed by atoms with Gasteiger partial charge in [-0.25, -0.2) is 0 Å². The molecule has 0 spiro atoms. The van der Waals surface area contributed by atoms with E-state index in [4.69, 9.17) is 5.73 Å². The van der Waals surface area contributed by atoms with Gasteiger partial charge in [0.05, 0.1) is 0 Å². The van der Waals surface area contributed by atoms with E-state index in [0.29, 0.717) is 11.8 Å². The van der Waals surface area contributed by atoms with Crippen LogP contribution < -0.4 is 5.73 Å². The Morgan fingerprint density at radius 2 is 1.68 bits per heavy atom. The summed E-state index contributed by atoms with van der Waals surface area (Å²) in [6, 6.07) is 16.5. The second-order valence-corrected chi connectivity index (χ2v) is 8.59. The minimum Gasteiger partial charge on any atom is -0.338 e. The summed E-state index contributed by atoms with van der Waals surface area (Å²) in [5.41, 5.74) is 10.8. The normalized spacial score (nSPS) is 23.0. The van der Waals surface area contributed by atoms with E-state index in [2.05, 4.69) is 54.0 Å². The predicted molar refractivity (Wildman–Crippen MR) is 113 cm³/mol. The molecule has 2 aromatic carbocycles. The fourth-order valence-corrected chi connectivity index (χ4v) is 4.68. The fourth-order valence-electron chi connectivity index (χ4n) is 4.68. The zero-order valence-electron chi connectivity index (χ0n) is 17.0. The van der Waals surface area contributed by atoms with Crippen molar-refractivity contribution in [3.05, 3.63) is 70.8 Å². The maximum atomic E-state index is 12.9. The zero-order chi connectivity index (χ0) is 19.7. The van der Waals surface area contributed by atoms with Crippen molar-refractivity contribution in [3.63, 3.8) is 0 Å². The third kappa shape index (κ3) is 3.98. The van der Waals surface area contributed by atoms with Gasteiger partial charge in [0.2, 0.25) is 0 Å². The van der Waals surface area contributed by atoms with Crippen LogP contribution in [-0.4, -0.2) is 48.4 Å². The average Bonchev–Trinajstić information content (AvgIpc) is 3.27. The first-order valence-corrected chi connectivity index (χ1v) is 10.4. The van der Waals surface area contributed by atoms with Crippen LogP contribution in [0.25, 0.3) is 0 Å². The lowest BCUT2D eigenvalue weighted by Crippen LogP contribution is -2.34. The second-order valence-electron chi connectivity index (χ2n) is 8.59. The Morgan fingerprint density at radius 3 is 2.32 bits per heavy atom. The maximum Gasteiger partial charge on any atom is 0.253 e. The number of amides is 1. The molecular weight excluding hydrogens is 346 g/mol. The highest BCUT2D eigenvalue weighted by molar-refractivity contribution is 5.94. The van der Waals surface area contributed by atoms with Crippen molar-refractivity contribution in [3.8, 4) is 0 Å². The molecule has 0 radical (unpaired) electrons. The van der Waals surface area contributed by atoms with E-state index in [1.54, 1.807) is 0 Å². The van der Waals surface area contributed by atoms with E-state index in [0.717, 1.165) is 44.7 Å². The van der Waals surface area contributed by atoms with Gasteiger partial charge in [0.1, 0.15) is 0 Å². The van der Waals surface area contributed by atoms with Crippen LogP contribution in [0.4, 0.5) is 0 Å². The van der Waals surface area contributed by atoms with E-state index in [1.807, 2.05) is 18.2 Å². The monoisotopic (exact) mass is 377 g/mol. The number of hydrogen-bond acceptors (Lipinski definition) is 3. The molecule has 4 nitrogen and oxygen atoms in total. The van der Waals surface area contributed by atoms with Gasteiger partial charge in [-0.15, -0.1) is 0 Å². The lowest BCUT2D eigenvalue weighted by molar-refractivity contribution is 0.0774. The molecule has 0 aromatic heterocycles. The second kappa shape index (κ2) is 8.06. The van der Waals surface area contributed by atoms with Crippen LogP contribution in [0.2, 0.25) is 0 Å². The first-order valence-electron chi connectivity index (χ1n) is 10.4. The Balaban J connectivity index is 1.28.